The van der Waals surface area contributed by atoms with Crippen molar-refractivity contribution in [2.24, 2.45) is 0 Å². The number of anilines is 1. The molecular formula is C30H27BrN2O7S. The summed E-state index contributed by atoms with van der Waals surface area (Å²) < 4.78 is 17.5. The number of nitrogens with zero attached hydrogens (tertiary/aromatic N) is 2. The van der Waals surface area contributed by atoms with Crippen LogP contribution in [-0.4, -0.2) is 47.7 Å². The fourth-order valence-corrected chi connectivity index (χ4v) is 6.08. The summed E-state index contributed by atoms with van der Waals surface area (Å²) in [5.41, 5.74) is 1.23. The van der Waals surface area contributed by atoms with Gasteiger partial charge in [0.1, 0.15) is 17.3 Å². The molecule has 1 aromatic heterocycles. The van der Waals surface area contributed by atoms with Crippen LogP contribution < -0.4 is 19.1 Å². The number of aromatic hydroxyl groups is 1. The summed E-state index contributed by atoms with van der Waals surface area (Å²) in [5, 5.41) is 22.3. The van der Waals surface area contributed by atoms with Gasteiger partial charge in [0.25, 0.3) is 5.78 Å². The molecule has 0 spiro atoms. The van der Waals surface area contributed by atoms with Crippen molar-refractivity contribution in [3.63, 3.8) is 0 Å². The number of aliphatic hydroxyl groups is 1. The second-order valence-electron chi connectivity index (χ2n) is 9.28. The number of aliphatic hydroxyl groups excluding tert-OH is 1. The number of ketones is 1. The molecule has 9 nitrogen and oxygen atoms in total. The largest absolute Gasteiger partial charge is 0.507 e. The Balaban J connectivity index is 1.70. The van der Waals surface area contributed by atoms with Crippen LogP contribution in [0.5, 0.6) is 23.0 Å². The van der Waals surface area contributed by atoms with Crippen LogP contribution in [0.1, 0.15) is 36.9 Å². The van der Waals surface area contributed by atoms with E-state index in [9.17, 15) is 19.8 Å². The van der Waals surface area contributed by atoms with Crippen LogP contribution in [0.3, 0.4) is 0 Å². The Kier molecular flexibility index (Phi) is 8.18. The first-order valence-electron chi connectivity index (χ1n) is 12.8. The molecule has 1 aliphatic rings. The summed E-state index contributed by atoms with van der Waals surface area (Å²) in [7, 11) is 2.95. The minimum atomic E-state index is -1.08. The molecule has 1 atom stereocenters. The average Bonchev–Trinajstić information content (AvgIpc) is 3.51. The number of carbonyl (C=O) groups is 2. The summed E-state index contributed by atoms with van der Waals surface area (Å²) in [5.74, 6) is -0.937. The number of methoxy groups -OCH3 is 2. The van der Waals surface area contributed by atoms with E-state index >= 15 is 0 Å². The zero-order valence-electron chi connectivity index (χ0n) is 22.5. The lowest BCUT2D eigenvalue weighted by molar-refractivity contribution is -0.132. The highest BCUT2D eigenvalue weighted by atomic mass is 79.9. The highest BCUT2D eigenvalue weighted by Gasteiger charge is 2.48. The van der Waals surface area contributed by atoms with E-state index in [1.54, 1.807) is 55.6 Å². The van der Waals surface area contributed by atoms with Crippen molar-refractivity contribution in [2.45, 2.75) is 25.8 Å². The smallest absolute Gasteiger partial charge is 0.301 e. The summed E-state index contributed by atoms with van der Waals surface area (Å²) >= 11 is 4.55. The number of ether oxygens (including phenoxy) is 3. The Hall–Kier alpha value is -4.09. The van der Waals surface area contributed by atoms with E-state index in [4.69, 9.17) is 14.2 Å². The van der Waals surface area contributed by atoms with Gasteiger partial charge < -0.3 is 24.4 Å². The number of carbonyl (C=O) groups excluding carboxylic acids is 2. The van der Waals surface area contributed by atoms with Gasteiger partial charge in [-0.25, -0.2) is 4.98 Å². The van der Waals surface area contributed by atoms with Crippen molar-refractivity contribution in [3.8, 4) is 23.0 Å². The van der Waals surface area contributed by atoms with Gasteiger partial charge in [-0.2, -0.15) is 0 Å². The van der Waals surface area contributed by atoms with Gasteiger partial charge in [-0.05, 0) is 70.4 Å². The molecule has 1 unspecified atom stereocenters. The molecule has 0 bridgehead atoms. The van der Waals surface area contributed by atoms with Crippen LogP contribution >= 0.6 is 27.3 Å². The van der Waals surface area contributed by atoms with E-state index in [2.05, 4.69) is 27.8 Å². The molecule has 1 saturated heterocycles. The maximum Gasteiger partial charge on any atom is 0.301 e. The maximum atomic E-state index is 13.6. The molecule has 1 amide bonds. The number of amides is 1. The minimum absolute atomic E-state index is 0.125. The zero-order valence-corrected chi connectivity index (χ0v) is 24.9. The Morgan fingerprint density at radius 3 is 2.61 bits per heavy atom. The van der Waals surface area contributed by atoms with E-state index in [1.165, 1.54) is 29.4 Å². The third kappa shape index (κ3) is 5.34. The Morgan fingerprint density at radius 1 is 1.07 bits per heavy atom. The first kappa shape index (κ1) is 28.4. The van der Waals surface area contributed by atoms with Crippen molar-refractivity contribution >= 4 is 60.1 Å². The minimum Gasteiger partial charge on any atom is -0.507 e. The number of hydrogen-bond donors (Lipinski definition) is 2. The molecule has 2 N–H and O–H groups in total. The fraction of sp³-hybridized carbons (Fsp3) is 0.233. The number of unbranched alkanes of at least 4 members (excludes halogenated alkanes) is 1. The Bertz CT molecular complexity index is 1680. The molecule has 1 aliphatic heterocycles. The lowest BCUT2D eigenvalue weighted by Crippen LogP contribution is -2.29. The molecule has 5 rings (SSSR count). The molecule has 3 aromatic carbocycles. The molecular weight excluding hydrogens is 612 g/mol. The Morgan fingerprint density at radius 2 is 1.88 bits per heavy atom. The summed E-state index contributed by atoms with van der Waals surface area (Å²) in [6, 6.07) is 14.1. The number of Topliss-reactive ketones (excluding diaryl/α,β-unsaturated/α-hetero) is 1. The predicted molar refractivity (Wildman–Crippen MR) is 160 cm³/mol. The third-order valence-electron chi connectivity index (χ3n) is 6.70. The number of aromatic nitrogens is 1. The normalized spacial score (nSPS) is 16.4. The van der Waals surface area contributed by atoms with Crippen molar-refractivity contribution in [1.29, 1.82) is 0 Å². The molecule has 11 heteroatoms. The maximum absolute atomic E-state index is 13.6. The van der Waals surface area contributed by atoms with Crippen LogP contribution in [-0.2, 0) is 9.59 Å². The van der Waals surface area contributed by atoms with E-state index in [1.807, 2.05) is 0 Å². The highest BCUT2D eigenvalue weighted by Crippen LogP contribution is 2.47. The first-order chi connectivity index (χ1) is 19.8. The van der Waals surface area contributed by atoms with Gasteiger partial charge in [-0.3, -0.25) is 14.5 Å². The van der Waals surface area contributed by atoms with Crippen LogP contribution in [0.4, 0.5) is 5.13 Å². The van der Waals surface area contributed by atoms with Crippen molar-refractivity contribution in [1.82, 2.24) is 4.98 Å². The quantitative estimate of drug-likeness (QED) is 0.0912. The van der Waals surface area contributed by atoms with Gasteiger partial charge >= 0.3 is 5.91 Å². The lowest BCUT2D eigenvalue weighted by Gasteiger charge is -2.24. The summed E-state index contributed by atoms with van der Waals surface area (Å²) in [4.78, 5) is 33.2. The predicted octanol–water partition coefficient (Wildman–Crippen LogP) is 6.59. The van der Waals surface area contributed by atoms with Gasteiger partial charge in [0.15, 0.2) is 16.6 Å². The second-order valence-corrected chi connectivity index (χ2v) is 11.1. The first-order valence-corrected chi connectivity index (χ1v) is 14.4. The summed E-state index contributed by atoms with van der Waals surface area (Å²) in [6.07, 6.45) is 1.83. The van der Waals surface area contributed by atoms with Crippen LogP contribution in [0.25, 0.3) is 16.0 Å². The van der Waals surface area contributed by atoms with E-state index in [0.717, 1.165) is 17.5 Å². The topological polar surface area (TPSA) is 118 Å². The molecule has 41 heavy (non-hydrogen) atoms. The molecule has 0 aliphatic carbocycles. The molecule has 1 fully saturated rings. The van der Waals surface area contributed by atoms with Gasteiger partial charge in [0.2, 0.25) is 0 Å². The van der Waals surface area contributed by atoms with Crippen LogP contribution in [0.15, 0.2) is 64.6 Å². The van der Waals surface area contributed by atoms with Gasteiger partial charge in [-0.15, -0.1) is 0 Å². The monoisotopic (exact) mass is 638 g/mol. The highest BCUT2D eigenvalue weighted by molar-refractivity contribution is 9.10. The van der Waals surface area contributed by atoms with Gasteiger partial charge in [0, 0.05) is 5.56 Å². The van der Waals surface area contributed by atoms with Crippen molar-refractivity contribution in [2.75, 3.05) is 25.7 Å². The number of halogens is 1. The number of thiazole rings is 1. The number of hydrogen-bond acceptors (Lipinski definition) is 9. The second kappa shape index (κ2) is 11.8. The van der Waals surface area contributed by atoms with Crippen LogP contribution in [0.2, 0.25) is 0 Å². The number of benzene rings is 3. The van der Waals surface area contributed by atoms with Gasteiger partial charge in [-0.1, -0.05) is 36.8 Å². The molecule has 212 valence electrons. The number of phenols is 1. The summed E-state index contributed by atoms with van der Waals surface area (Å²) in [6.45, 7) is 2.57. The molecule has 0 radical (unpaired) electrons. The standard InChI is InChI=1S/C30H27BrN2O7S/c1-4-5-11-40-19-8-6-7-16(12-19)26(34)24-25(17-13-20(31)27(35)22(14-17)39-3)33(29(37)28(24)36)30-32-21-10-9-18(38-2)15-23(21)41-30/h6-10,12-15,25,34-35H,4-5,11H2,1-3H3/b26-24+. The van der Waals surface area contributed by atoms with Gasteiger partial charge in [0.05, 0.1) is 47.1 Å². The van der Waals surface area contributed by atoms with E-state index in [-0.39, 0.29) is 32.4 Å². The zero-order chi connectivity index (χ0) is 29.3. The third-order valence-corrected chi connectivity index (χ3v) is 8.32. The lowest BCUT2D eigenvalue weighted by atomic mass is 9.95. The van der Waals surface area contributed by atoms with Crippen molar-refractivity contribution < 1.29 is 34.0 Å². The van der Waals surface area contributed by atoms with Crippen molar-refractivity contribution in [3.05, 3.63) is 75.8 Å². The van der Waals surface area contributed by atoms with Crippen LogP contribution in [0, 0.1) is 0 Å². The number of fused-ring (bicyclic) bond motifs is 1. The average molecular weight is 640 g/mol. The van der Waals surface area contributed by atoms with E-state index < -0.39 is 17.7 Å². The molecule has 2 heterocycles. The molecule has 0 saturated carbocycles. The SMILES string of the molecule is CCCCOc1cccc(/C(O)=C2\C(=O)C(=O)N(c3nc4ccc(OC)cc4s3)C2c2cc(Br)c(O)c(OC)c2)c1. The number of phenolic OH excluding ortho intramolecular Hbond substituents is 1. The molecule has 4 aromatic rings. The van der Waals surface area contributed by atoms with E-state index in [0.29, 0.717) is 34.7 Å². The number of rotatable bonds is 9. The fourth-order valence-electron chi connectivity index (χ4n) is 4.60. The Labute approximate surface area is 248 Å².